The first-order chi connectivity index (χ1) is 7.05. The number of hydrogen-bond donors (Lipinski definition) is 0. The molecule has 0 aromatic heterocycles. The molecular weight excluding hydrogens is 252 g/mol. The van der Waals surface area contributed by atoms with Crippen LogP contribution in [0.2, 0.25) is 5.02 Å². The van der Waals surface area contributed by atoms with Crippen molar-refractivity contribution in [3.8, 4) is 0 Å². The molecule has 0 spiro atoms. The number of halogens is 1. The van der Waals surface area contributed by atoms with E-state index in [9.17, 15) is 8.42 Å². The summed E-state index contributed by atoms with van der Waals surface area (Å²) in [5.41, 5.74) is 0.701. The van der Waals surface area contributed by atoms with Crippen molar-refractivity contribution in [3.63, 3.8) is 0 Å². The Kier molecular flexibility index (Phi) is 2.83. The van der Waals surface area contributed by atoms with E-state index in [0.29, 0.717) is 26.1 Å². The summed E-state index contributed by atoms with van der Waals surface area (Å²) in [5.74, 6) is 0.509. The Morgan fingerprint density at radius 3 is 2.80 bits per heavy atom. The second-order valence-corrected chi connectivity index (χ2v) is 6.50. The Morgan fingerprint density at radius 2 is 2.13 bits per heavy atom. The number of benzene rings is 1. The second-order valence-electron chi connectivity index (χ2n) is 3.23. The smallest absolute Gasteiger partial charge is 0.204 e. The van der Waals surface area contributed by atoms with Gasteiger partial charge in [0.25, 0.3) is 0 Å². The standard InChI is InChI=1S/C10H9ClO2S2/c1-14-6-9-5-7-4-8(11)2-3-10(7)15(9,12)13/h2-5H,6H2,1H3. The molecule has 1 aromatic rings. The van der Waals surface area contributed by atoms with Gasteiger partial charge in [-0.2, -0.15) is 11.8 Å². The molecular formula is C10H9ClO2S2. The SMILES string of the molecule is CSCC1=Cc2cc(Cl)ccc2S1(=O)=O. The van der Waals surface area contributed by atoms with Crippen molar-refractivity contribution in [1.29, 1.82) is 0 Å². The molecule has 0 saturated carbocycles. The van der Waals surface area contributed by atoms with Gasteiger partial charge in [0, 0.05) is 10.8 Å². The van der Waals surface area contributed by atoms with Gasteiger partial charge in [0.1, 0.15) is 0 Å². The number of sulfone groups is 1. The lowest BCUT2D eigenvalue weighted by atomic mass is 10.2. The van der Waals surface area contributed by atoms with Crippen LogP contribution in [-0.4, -0.2) is 20.4 Å². The highest BCUT2D eigenvalue weighted by molar-refractivity contribution is 8.01. The van der Waals surface area contributed by atoms with Gasteiger partial charge in [-0.1, -0.05) is 11.6 Å². The first-order valence-electron chi connectivity index (χ1n) is 4.30. The highest BCUT2D eigenvalue weighted by Crippen LogP contribution is 2.35. The van der Waals surface area contributed by atoms with E-state index in [-0.39, 0.29) is 0 Å². The highest BCUT2D eigenvalue weighted by atomic mass is 35.5. The molecule has 1 aliphatic heterocycles. The summed E-state index contributed by atoms with van der Waals surface area (Å²) in [6.45, 7) is 0. The average molecular weight is 261 g/mol. The first-order valence-corrected chi connectivity index (χ1v) is 7.55. The third kappa shape index (κ3) is 1.82. The van der Waals surface area contributed by atoms with E-state index in [1.54, 1.807) is 24.3 Å². The third-order valence-corrected chi connectivity index (χ3v) is 5.13. The molecule has 2 nitrogen and oxygen atoms in total. The lowest BCUT2D eigenvalue weighted by Crippen LogP contribution is -2.02. The minimum atomic E-state index is -3.24. The number of thioether (sulfide) groups is 1. The van der Waals surface area contributed by atoms with Gasteiger partial charge in [-0.05, 0) is 36.1 Å². The summed E-state index contributed by atoms with van der Waals surface area (Å²) in [7, 11) is -3.24. The normalized spacial score (nSPS) is 17.3. The van der Waals surface area contributed by atoms with Gasteiger partial charge in [0.05, 0.1) is 9.80 Å². The largest absolute Gasteiger partial charge is 0.219 e. The van der Waals surface area contributed by atoms with E-state index >= 15 is 0 Å². The molecule has 0 fully saturated rings. The van der Waals surface area contributed by atoms with E-state index in [0.717, 1.165) is 0 Å². The van der Waals surface area contributed by atoms with E-state index in [1.807, 2.05) is 6.26 Å². The van der Waals surface area contributed by atoms with Crippen LogP contribution < -0.4 is 0 Å². The predicted octanol–water partition coefficient (Wildman–Crippen LogP) is 2.83. The Morgan fingerprint density at radius 1 is 1.40 bits per heavy atom. The number of fused-ring (bicyclic) bond motifs is 1. The molecule has 1 aromatic carbocycles. The van der Waals surface area contributed by atoms with Crippen molar-refractivity contribution in [2.24, 2.45) is 0 Å². The van der Waals surface area contributed by atoms with Crippen LogP contribution in [0.15, 0.2) is 28.0 Å². The van der Waals surface area contributed by atoms with Crippen molar-refractivity contribution < 1.29 is 8.42 Å². The van der Waals surface area contributed by atoms with Crippen LogP contribution in [0.3, 0.4) is 0 Å². The Bertz CT molecular complexity index is 532. The third-order valence-electron chi connectivity index (χ3n) is 2.21. The molecule has 0 saturated heterocycles. The molecule has 1 aliphatic rings. The summed E-state index contributed by atoms with van der Waals surface area (Å²) in [6.07, 6.45) is 3.58. The molecule has 0 atom stereocenters. The topological polar surface area (TPSA) is 34.1 Å². The van der Waals surface area contributed by atoms with Crippen molar-refractivity contribution in [2.75, 3.05) is 12.0 Å². The van der Waals surface area contributed by atoms with Crippen molar-refractivity contribution in [1.82, 2.24) is 0 Å². The van der Waals surface area contributed by atoms with Gasteiger partial charge < -0.3 is 0 Å². The maximum Gasteiger partial charge on any atom is 0.204 e. The number of rotatable bonds is 2. The number of hydrogen-bond acceptors (Lipinski definition) is 3. The van der Waals surface area contributed by atoms with E-state index in [1.165, 1.54) is 11.8 Å². The van der Waals surface area contributed by atoms with Crippen LogP contribution >= 0.6 is 23.4 Å². The minimum absolute atomic E-state index is 0.371. The second kappa shape index (κ2) is 3.85. The predicted molar refractivity (Wildman–Crippen MR) is 65.0 cm³/mol. The Hall–Kier alpha value is -0.450. The minimum Gasteiger partial charge on any atom is -0.219 e. The lowest BCUT2D eigenvalue weighted by Gasteiger charge is -2.01. The molecule has 15 heavy (non-hydrogen) atoms. The zero-order valence-corrected chi connectivity index (χ0v) is 10.4. The zero-order chi connectivity index (χ0) is 11.1. The summed E-state index contributed by atoms with van der Waals surface area (Å²) in [4.78, 5) is 0.836. The fraction of sp³-hybridized carbons (Fsp3) is 0.200. The Labute approximate surface area is 98.2 Å². The van der Waals surface area contributed by atoms with Crippen molar-refractivity contribution in [3.05, 3.63) is 33.7 Å². The molecule has 0 aliphatic carbocycles. The molecule has 2 rings (SSSR count). The molecule has 0 amide bonds. The van der Waals surface area contributed by atoms with Crippen molar-refractivity contribution >= 4 is 39.3 Å². The quantitative estimate of drug-likeness (QED) is 0.820. The monoisotopic (exact) mass is 260 g/mol. The van der Waals surface area contributed by atoms with Crippen LogP contribution in [0.1, 0.15) is 5.56 Å². The van der Waals surface area contributed by atoms with E-state index in [2.05, 4.69) is 0 Å². The maximum absolute atomic E-state index is 12.0. The molecule has 0 radical (unpaired) electrons. The fourth-order valence-electron chi connectivity index (χ4n) is 1.53. The van der Waals surface area contributed by atoms with Crippen molar-refractivity contribution in [2.45, 2.75) is 4.90 Å². The van der Waals surface area contributed by atoms with Crippen LogP contribution in [-0.2, 0) is 9.84 Å². The van der Waals surface area contributed by atoms with Gasteiger partial charge in [0.15, 0.2) is 0 Å². The molecule has 5 heteroatoms. The zero-order valence-electron chi connectivity index (χ0n) is 8.03. The first kappa shape index (κ1) is 11.0. The van der Waals surface area contributed by atoms with Crippen LogP contribution in [0.5, 0.6) is 0 Å². The summed E-state index contributed by atoms with van der Waals surface area (Å²) < 4.78 is 23.9. The molecule has 0 bridgehead atoms. The van der Waals surface area contributed by atoms with Crippen LogP contribution in [0, 0.1) is 0 Å². The van der Waals surface area contributed by atoms with E-state index in [4.69, 9.17) is 11.6 Å². The average Bonchev–Trinajstić information content (AvgIpc) is 2.39. The summed E-state index contributed by atoms with van der Waals surface area (Å²) in [5, 5.41) is 0.561. The maximum atomic E-state index is 12.0. The Balaban J connectivity index is 2.58. The van der Waals surface area contributed by atoms with Gasteiger partial charge >= 0.3 is 0 Å². The lowest BCUT2D eigenvalue weighted by molar-refractivity contribution is 0.603. The summed E-state index contributed by atoms with van der Waals surface area (Å²) in [6, 6.07) is 4.85. The van der Waals surface area contributed by atoms with Crippen LogP contribution in [0.25, 0.3) is 6.08 Å². The van der Waals surface area contributed by atoms with Gasteiger partial charge in [-0.3, -0.25) is 0 Å². The van der Waals surface area contributed by atoms with Gasteiger partial charge in [0.2, 0.25) is 9.84 Å². The molecule has 80 valence electrons. The van der Waals surface area contributed by atoms with Crippen LogP contribution in [0.4, 0.5) is 0 Å². The fourth-order valence-corrected chi connectivity index (χ4v) is 4.29. The van der Waals surface area contributed by atoms with Gasteiger partial charge in [-0.15, -0.1) is 0 Å². The van der Waals surface area contributed by atoms with E-state index < -0.39 is 9.84 Å². The van der Waals surface area contributed by atoms with Gasteiger partial charge in [-0.25, -0.2) is 8.42 Å². The molecule has 0 N–H and O–H groups in total. The molecule has 0 unspecified atom stereocenters. The molecule has 1 heterocycles. The summed E-state index contributed by atoms with van der Waals surface area (Å²) >= 11 is 7.31. The highest BCUT2D eigenvalue weighted by Gasteiger charge is 2.28.